The summed E-state index contributed by atoms with van der Waals surface area (Å²) in [5.41, 5.74) is 0.542. The summed E-state index contributed by atoms with van der Waals surface area (Å²) in [5.74, 6) is -2.31. The molecule has 1 unspecified atom stereocenters. The molecule has 1 aromatic rings. The molecule has 0 spiro atoms. The zero-order valence-electron chi connectivity index (χ0n) is 19.0. The van der Waals surface area contributed by atoms with Crippen LogP contribution in [0.5, 0.6) is 0 Å². The van der Waals surface area contributed by atoms with Gasteiger partial charge in [0.2, 0.25) is 0 Å². The summed E-state index contributed by atoms with van der Waals surface area (Å²) < 4.78 is 9.85. The minimum Gasteiger partial charge on any atom is -0.480 e. The third-order valence-corrected chi connectivity index (χ3v) is 4.61. The van der Waals surface area contributed by atoms with Gasteiger partial charge in [-0.15, -0.1) is 0 Å². The molecule has 0 fully saturated rings. The summed E-state index contributed by atoms with van der Waals surface area (Å²) in [7, 11) is 1.21. The van der Waals surface area contributed by atoms with Crippen molar-refractivity contribution in [3.05, 3.63) is 41.1 Å². The van der Waals surface area contributed by atoms with Crippen LogP contribution in [0, 0.1) is 0 Å². The minimum absolute atomic E-state index is 0.00811. The Bertz CT molecular complexity index is 934. The van der Waals surface area contributed by atoms with Gasteiger partial charge in [-0.1, -0.05) is 12.1 Å². The number of aliphatic hydroxyl groups excluding tert-OH is 1. The Balaban J connectivity index is 2.12. The molecular formula is C22H29N3O8. The highest BCUT2D eigenvalue weighted by atomic mass is 16.6. The number of nitrogens with zero attached hydrogens (tertiary/aromatic N) is 1. The number of anilines is 1. The average Bonchev–Trinajstić information content (AvgIpc) is 3.02. The molecule has 1 aromatic carbocycles. The van der Waals surface area contributed by atoms with Crippen molar-refractivity contribution in [3.8, 4) is 0 Å². The van der Waals surface area contributed by atoms with Crippen molar-refractivity contribution >= 4 is 29.6 Å². The highest BCUT2D eigenvalue weighted by molar-refractivity contribution is 6.08. The highest BCUT2D eigenvalue weighted by Crippen LogP contribution is 2.23. The smallest absolute Gasteiger partial charge is 0.408 e. The number of hydrogen-bond acceptors (Lipinski definition) is 8. The number of hydrogen-bond donors (Lipinski definition) is 4. The number of carbonyl (C=O) groups excluding carboxylic acids is 3. The second-order valence-electron chi connectivity index (χ2n) is 8.36. The van der Waals surface area contributed by atoms with Gasteiger partial charge in [-0.2, -0.15) is 0 Å². The molecule has 0 aliphatic carbocycles. The van der Waals surface area contributed by atoms with Gasteiger partial charge < -0.3 is 35.2 Å². The number of amides is 2. The Morgan fingerprint density at radius 2 is 1.82 bits per heavy atom. The molecule has 0 saturated carbocycles. The van der Waals surface area contributed by atoms with Crippen molar-refractivity contribution in [3.63, 3.8) is 0 Å². The standard InChI is InChI=1S/C22H29N3O8/c1-22(2,3)33-21(31)24-16(19(28)29)11-13-5-7-14(8-6-13)23-17-15(20(30)32-4)12-25(9-10-26)18(17)27/h5-8,16,23,26H,9-12H2,1-4H3,(H,24,31)(H,28,29). The third kappa shape index (κ3) is 7.21. The molecule has 0 aromatic heterocycles. The second-order valence-corrected chi connectivity index (χ2v) is 8.36. The fraction of sp³-hybridized carbons (Fsp3) is 0.455. The number of ether oxygens (including phenoxy) is 2. The van der Waals surface area contributed by atoms with Gasteiger partial charge in [-0.3, -0.25) is 4.79 Å². The molecule has 33 heavy (non-hydrogen) atoms. The number of β-amino-alcohol motifs (C(OH)–C–C–N with tert-alkyl or cyclic N) is 1. The fourth-order valence-electron chi connectivity index (χ4n) is 3.10. The maximum absolute atomic E-state index is 12.6. The molecule has 4 N–H and O–H groups in total. The number of aliphatic hydroxyl groups is 1. The molecule has 2 amide bonds. The summed E-state index contributed by atoms with van der Waals surface area (Å²) >= 11 is 0. The monoisotopic (exact) mass is 463 g/mol. The number of carbonyl (C=O) groups is 4. The zero-order chi connectivity index (χ0) is 24.8. The van der Waals surface area contributed by atoms with Crippen LogP contribution in [-0.2, 0) is 30.3 Å². The lowest BCUT2D eigenvalue weighted by Crippen LogP contribution is -2.44. The van der Waals surface area contributed by atoms with Crippen LogP contribution in [0.3, 0.4) is 0 Å². The summed E-state index contributed by atoms with van der Waals surface area (Å²) in [6, 6.07) is 5.31. The molecule has 0 radical (unpaired) electrons. The van der Waals surface area contributed by atoms with E-state index in [-0.39, 0.29) is 37.4 Å². The van der Waals surface area contributed by atoms with E-state index < -0.39 is 35.6 Å². The Hall–Kier alpha value is -3.60. The Morgan fingerprint density at radius 1 is 1.18 bits per heavy atom. The van der Waals surface area contributed by atoms with Gasteiger partial charge in [0.05, 0.1) is 25.8 Å². The van der Waals surface area contributed by atoms with E-state index in [0.29, 0.717) is 11.3 Å². The molecular weight excluding hydrogens is 434 g/mol. The largest absolute Gasteiger partial charge is 0.480 e. The summed E-state index contributed by atoms with van der Waals surface area (Å²) in [6.45, 7) is 4.87. The van der Waals surface area contributed by atoms with Crippen molar-refractivity contribution in [2.45, 2.75) is 38.8 Å². The van der Waals surface area contributed by atoms with E-state index in [9.17, 15) is 24.3 Å². The van der Waals surface area contributed by atoms with E-state index in [4.69, 9.17) is 14.6 Å². The first-order chi connectivity index (χ1) is 15.4. The van der Waals surface area contributed by atoms with Crippen molar-refractivity contribution in [2.24, 2.45) is 0 Å². The highest BCUT2D eigenvalue weighted by Gasteiger charge is 2.34. The molecule has 180 valence electrons. The Morgan fingerprint density at radius 3 is 2.33 bits per heavy atom. The number of alkyl carbamates (subject to hydrolysis) is 1. The van der Waals surface area contributed by atoms with Crippen LogP contribution >= 0.6 is 0 Å². The molecule has 1 aliphatic rings. The number of nitrogens with one attached hydrogen (secondary N) is 2. The molecule has 1 aliphatic heterocycles. The first-order valence-corrected chi connectivity index (χ1v) is 10.2. The second kappa shape index (κ2) is 10.8. The minimum atomic E-state index is -1.21. The van der Waals surface area contributed by atoms with E-state index in [2.05, 4.69) is 10.6 Å². The first-order valence-electron chi connectivity index (χ1n) is 10.2. The fourth-order valence-corrected chi connectivity index (χ4v) is 3.10. The topological polar surface area (TPSA) is 155 Å². The molecule has 1 heterocycles. The molecule has 2 rings (SSSR count). The molecule has 11 heteroatoms. The molecule has 0 saturated heterocycles. The van der Waals surface area contributed by atoms with Crippen LogP contribution in [-0.4, -0.2) is 77.5 Å². The molecule has 0 bridgehead atoms. The van der Waals surface area contributed by atoms with Crippen molar-refractivity contribution < 1.29 is 38.9 Å². The van der Waals surface area contributed by atoms with Crippen LogP contribution in [0.25, 0.3) is 0 Å². The molecule has 1 atom stereocenters. The van der Waals surface area contributed by atoms with Crippen molar-refractivity contribution in [1.82, 2.24) is 10.2 Å². The quantitative estimate of drug-likeness (QED) is 0.391. The lowest BCUT2D eigenvalue weighted by atomic mass is 10.1. The maximum atomic E-state index is 12.6. The van der Waals surface area contributed by atoms with Crippen LogP contribution in [0.1, 0.15) is 26.3 Å². The van der Waals surface area contributed by atoms with Crippen LogP contribution in [0.4, 0.5) is 10.5 Å². The van der Waals surface area contributed by atoms with Gasteiger partial charge in [0.15, 0.2) is 0 Å². The normalized spacial score (nSPS) is 14.7. The van der Waals surface area contributed by atoms with Crippen molar-refractivity contribution in [2.75, 3.05) is 32.1 Å². The van der Waals surface area contributed by atoms with Gasteiger partial charge in [-0.25, -0.2) is 14.4 Å². The van der Waals surface area contributed by atoms with Gasteiger partial charge in [0.1, 0.15) is 17.3 Å². The Labute approximate surface area is 191 Å². The zero-order valence-corrected chi connectivity index (χ0v) is 19.0. The summed E-state index contributed by atoms with van der Waals surface area (Å²) in [4.78, 5) is 49.5. The number of benzene rings is 1. The lowest BCUT2D eigenvalue weighted by Gasteiger charge is -2.22. The number of rotatable bonds is 9. The third-order valence-electron chi connectivity index (χ3n) is 4.61. The van der Waals surface area contributed by atoms with E-state index >= 15 is 0 Å². The van der Waals surface area contributed by atoms with Crippen LogP contribution < -0.4 is 10.6 Å². The van der Waals surface area contributed by atoms with Gasteiger partial charge in [-0.05, 0) is 38.5 Å². The van der Waals surface area contributed by atoms with E-state index in [0.717, 1.165) is 0 Å². The number of methoxy groups -OCH3 is 1. The molecule has 11 nitrogen and oxygen atoms in total. The first kappa shape index (κ1) is 25.7. The van der Waals surface area contributed by atoms with E-state index in [1.54, 1.807) is 45.0 Å². The average molecular weight is 463 g/mol. The Kier molecular flexibility index (Phi) is 8.41. The maximum Gasteiger partial charge on any atom is 0.408 e. The number of carboxylic acids is 1. The number of esters is 1. The van der Waals surface area contributed by atoms with Gasteiger partial charge in [0, 0.05) is 18.7 Å². The predicted octanol–water partition coefficient (Wildman–Crippen LogP) is 0.880. The van der Waals surface area contributed by atoms with E-state index in [1.165, 1.54) is 12.0 Å². The summed E-state index contributed by atoms with van der Waals surface area (Å²) in [5, 5.41) is 23.8. The van der Waals surface area contributed by atoms with E-state index in [1.807, 2.05) is 0 Å². The number of carboxylic acid groups (broad SMARTS) is 1. The van der Waals surface area contributed by atoms with Gasteiger partial charge >= 0.3 is 18.0 Å². The van der Waals surface area contributed by atoms with Crippen LogP contribution in [0.15, 0.2) is 35.5 Å². The predicted molar refractivity (Wildman–Crippen MR) is 117 cm³/mol. The number of aliphatic carboxylic acids is 1. The SMILES string of the molecule is COC(=O)C1=C(Nc2ccc(CC(NC(=O)OC(C)(C)C)C(=O)O)cc2)C(=O)N(CCO)C1. The van der Waals surface area contributed by atoms with Crippen molar-refractivity contribution in [1.29, 1.82) is 0 Å². The summed E-state index contributed by atoms with van der Waals surface area (Å²) in [6.07, 6.45) is -0.823. The van der Waals surface area contributed by atoms with Gasteiger partial charge in [0.25, 0.3) is 5.91 Å². The van der Waals surface area contributed by atoms with Crippen LogP contribution in [0.2, 0.25) is 0 Å². The lowest BCUT2D eigenvalue weighted by molar-refractivity contribution is -0.139.